The van der Waals surface area contributed by atoms with Crippen molar-refractivity contribution in [2.75, 3.05) is 14.2 Å². The second-order valence-corrected chi connectivity index (χ2v) is 5.48. The molecule has 120 valence electrons. The van der Waals surface area contributed by atoms with Gasteiger partial charge in [-0.25, -0.2) is 0 Å². The lowest BCUT2D eigenvalue weighted by Gasteiger charge is -2.15. The molecule has 0 spiro atoms. The third kappa shape index (κ3) is 5.84. The van der Waals surface area contributed by atoms with Crippen LogP contribution in [0.1, 0.15) is 51.5 Å². The summed E-state index contributed by atoms with van der Waals surface area (Å²) in [6, 6.07) is 4.16. The molecular weight excluding hydrogens is 266 g/mol. The minimum absolute atomic E-state index is 0.0522. The molecule has 4 heteroatoms. The van der Waals surface area contributed by atoms with Gasteiger partial charge in [0.1, 0.15) is 0 Å². The number of nitrogens with one attached hydrogen (secondary N) is 1. The molecule has 1 rings (SSSR count). The van der Waals surface area contributed by atoms with E-state index in [0.717, 1.165) is 12.1 Å². The van der Waals surface area contributed by atoms with Gasteiger partial charge in [-0.2, -0.15) is 0 Å². The van der Waals surface area contributed by atoms with Crippen LogP contribution in [-0.2, 0) is 6.54 Å². The Morgan fingerprint density at radius 2 is 1.71 bits per heavy atom. The number of ether oxygens (including phenoxy) is 2. The lowest BCUT2D eigenvalue weighted by Crippen LogP contribution is -2.25. The Bertz CT molecular complexity index is 395. The Morgan fingerprint density at radius 1 is 1.10 bits per heavy atom. The molecule has 1 aromatic carbocycles. The Hall–Kier alpha value is -1.42. The van der Waals surface area contributed by atoms with E-state index < -0.39 is 0 Å². The normalized spacial score (nSPS) is 12.2. The fourth-order valence-electron chi connectivity index (χ4n) is 2.32. The average Bonchev–Trinajstić information content (AvgIpc) is 2.50. The second kappa shape index (κ2) is 9.50. The molecule has 21 heavy (non-hydrogen) atoms. The average molecular weight is 295 g/mol. The smallest absolute Gasteiger partial charge is 0.200 e. The Kier molecular flexibility index (Phi) is 7.98. The molecule has 1 aromatic rings. The summed E-state index contributed by atoms with van der Waals surface area (Å²) in [6.45, 7) is 5.18. The van der Waals surface area contributed by atoms with Crippen LogP contribution in [0, 0.1) is 0 Å². The molecule has 0 aromatic heterocycles. The van der Waals surface area contributed by atoms with Crippen LogP contribution in [0.2, 0.25) is 0 Å². The Balaban J connectivity index is 2.51. The summed E-state index contributed by atoms with van der Waals surface area (Å²) >= 11 is 0. The predicted molar refractivity (Wildman–Crippen MR) is 86.3 cm³/mol. The highest BCUT2D eigenvalue weighted by molar-refractivity contribution is 5.52. The van der Waals surface area contributed by atoms with E-state index in [1.54, 1.807) is 14.2 Å². The van der Waals surface area contributed by atoms with Crippen LogP contribution in [0.15, 0.2) is 12.1 Å². The number of phenolic OH excluding ortho intramolecular Hbond substituents is 1. The number of benzene rings is 1. The van der Waals surface area contributed by atoms with Gasteiger partial charge in [0.25, 0.3) is 0 Å². The summed E-state index contributed by atoms with van der Waals surface area (Å²) in [5.74, 6) is 0.944. The summed E-state index contributed by atoms with van der Waals surface area (Å²) in [5.41, 5.74) is 1.04. The largest absolute Gasteiger partial charge is 0.502 e. The molecule has 4 nitrogen and oxygen atoms in total. The van der Waals surface area contributed by atoms with Gasteiger partial charge in [-0.05, 0) is 31.0 Å². The van der Waals surface area contributed by atoms with E-state index in [9.17, 15) is 5.11 Å². The molecule has 0 saturated carbocycles. The zero-order chi connectivity index (χ0) is 15.7. The van der Waals surface area contributed by atoms with Crippen LogP contribution < -0.4 is 14.8 Å². The van der Waals surface area contributed by atoms with Crippen LogP contribution in [-0.4, -0.2) is 25.4 Å². The molecule has 0 aliphatic carbocycles. The summed E-state index contributed by atoms with van der Waals surface area (Å²) < 4.78 is 10.3. The Morgan fingerprint density at radius 3 is 2.24 bits per heavy atom. The number of phenols is 1. The first-order valence-corrected chi connectivity index (χ1v) is 7.79. The summed E-state index contributed by atoms with van der Waals surface area (Å²) in [6.07, 6.45) is 6.36. The van der Waals surface area contributed by atoms with Crippen LogP contribution in [0.25, 0.3) is 0 Å². The quantitative estimate of drug-likeness (QED) is 0.644. The van der Waals surface area contributed by atoms with Crippen molar-refractivity contribution >= 4 is 0 Å². The topological polar surface area (TPSA) is 50.7 Å². The molecule has 0 bridgehead atoms. The van der Waals surface area contributed by atoms with Gasteiger partial charge in [-0.15, -0.1) is 0 Å². The van der Waals surface area contributed by atoms with Crippen LogP contribution in [0.4, 0.5) is 0 Å². The first kappa shape index (κ1) is 17.6. The van der Waals surface area contributed by atoms with Crippen molar-refractivity contribution in [2.24, 2.45) is 0 Å². The highest BCUT2D eigenvalue weighted by Gasteiger charge is 2.11. The van der Waals surface area contributed by atoms with Crippen molar-refractivity contribution in [3.63, 3.8) is 0 Å². The molecule has 0 saturated heterocycles. The molecule has 0 aliphatic heterocycles. The van der Waals surface area contributed by atoms with E-state index in [1.807, 2.05) is 12.1 Å². The van der Waals surface area contributed by atoms with Gasteiger partial charge in [0, 0.05) is 12.6 Å². The van der Waals surface area contributed by atoms with Crippen LogP contribution in [0.3, 0.4) is 0 Å². The Labute approximate surface area is 128 Å². The number of methoxy groups -OCH3 is 2. The molecule has 0 fully saturated rings. The highest BCUT2D eigenvalue weighted by atomic mass is 16.5. The van der Waals surface area contributed by atoms with E-state index >= 15 is 0 Å². The molecule has 1 unspecified atom stereocenters. The summed E-state index contributed by atoms with van der Waals surface area (Å²) in [4.78, 5) is 0. The van der Waals surface area contributed by atoms with E-state index in [1.165, 1.54) is 32.1 Å². The zero-order valence-corrected chi connectivity index (χ0v) is 13.7. The minimum Gasteiger partial charge on any atom is -0.502 e. The third-order valence-electron chi connectivity index (χ3n) is 3.68. The maximum Gasteiger partial charge on any atom is 0.200 e. The van der Waals surface area contributed by atoms with Gasteiger partial charge in [-0.3, -0.25) is 0 Å². The second-order valence-electron chi connectivity index (χ2n) is 5.48. The van der Waals surface area contributed by atoms with Gasteiger partial charge in [0.2, 0.25) is 5.75 Å². The van der Waals surface area contributed by atoms with Crippen molar-refractivity contribution in [1.29, 1.82) is 0 Å². The molecule has 0 aliphatic rings. The van der Waals surface area contributed by atoms with Gasteiger partial charge in [-0.1, -0.05) is 32.6 Å². The number of unbranched alkanes of at least 4 members (excludes halogenated alkanes) is 3. The number of aromatic hydroxyl groups is 1. The van der Waals surface area contributed by atoms with E-state index in [2.05, 4.69) is 19.2 Å². The standard InChI is InChI=1S/C17H29NO3/c1-5-6-7-8-9-13(2)18-12-14-10-15(20-3)17(19)16(11-14)21-4/h10-11,13,18-19H,5-9,12H2,1-4H3. The predicted octanol–water partition coefficient (Wildman–Crippen LogP) is 3.86. The van der Waals surface area contributed by atoms with Crippen LogP contribution >= 0.6 is 0 Å². The maximum absolute atomic E-state index is 9.89. The fraction of sp³-hybridized carbons (Fsp3) is 0.647. The van der Waals surface area contributed by atoms with Crippen LogP contribution in [0.5, 0.6) is 17.2 Å². The van der Waals surface area contributed by atoms with E-state index in [-0.39, 0.29) is 5.75 Å². The van der Waals surface area contributed by atoms with Gasteiger partial charge < -0.3 is 19.9 Å². The number of hydrogen-bond acceptors (Lipinski definition) is 4. The molecular formula is C17H29NO3. The third-order valence-corrected chi connectivity index (χ3v) is 3.68. The number of rotatable bonds is 10. The van der Waals surface area contributed by atoms with Crippen molar-refractivity contribution < 1.29 is 14.6 Å². The van der Waals surface area contributed by atoms with Crippen molar-refractivity contribution in [3.8, 4) is 17.2 Å². The first-order valence-electron chi connectivity index (χ1n) is 7.79. The molecule has 0 amide bonds. The van der Waals surface area contributed by atoms with Crippen molar-refractivity contribution in [1.82, 2.24) is 5.32 Å². The maximum atomic E-state index is 9.89. The van der Waals surface area contributed by atoms with Gasteiger partial charge in [0.05, 0.1) is 14.2 Å². The van der Waals surface area contributed by atoms with Crippen molar-refractivity contribution in [3.05, 3.63) is 17.7 Å². The lowest BCUT2D eigenvalue weighted by molar-refractivity contribution is 0.338. The fourth-order valence-corrected chi connectivity index (χ4v) is 2.32. The van der Waals surface area contributed by atoms with E-state index in [4.69, 9.17) is 9.47 Å². The zero-order valence-electron chi connectivity index (χ0n) is 13.7. The minimum atomic E-state index is 0.0522. The lowest BCUT2D eigenvalue weighted by atomic mass is 10.1. The molecule has 1 atom stereocenters. The molecule has 0 heterocycles. The summed E-state index contributed by atoms with van der Waals surface area (Å²) in [7, 11) is 3.09. The number of hydrogen-bond donors (Lipinski definition) is 2. The highest BCUT2D eigenvalue weighted by Crippen LogP contribution is 2.37. The van der Waals surface area contributed by atoms with Gasteiger partial charge in [0.15, 0.2) is 11.5 Å². The van der Waals surface area contributed by atoms with Crippen molar-refractivity contribution in [2.45, 2.75) is 58.5 Å². The van der Waals surface area contributed by atoms with E-state index in [0.29, 0.717) is 17.5 Å². The first-order chi connectivity index (χ1) is 10.1. The molecule has 2 N–H and O–H groups in total. The SMILES string of the molecule is CCCCCCC(C)NCc1cc(OC)c(O)c(OC)c1. The monoisotopic (exact) mass is 295 g/mol. The van der Waals surface area contributed by atoms with Gasteiger partial charge >= 0.3 is 0 Å². The summed E-state index contributed by atoms with van der Waals surface area (Å²) in [5, 5.41) is 13.4. The molecule has 0 radical (unpaired) electrons.